The van der Waals surface area contributed by atoms with Crippen molar-refractivity contribution in [2.45, 2.75) is 63.5 Å². The summed E-state index contributed by atoms with van der Waals surface area (Å²) in [4.78, 5) is 13.1. The SMILES string of the molecule is COC(C)(C)CCn1cc(NC(=O)C2(c3ccc(F)cc3)CCCC2)cn1. The van der Waals surface area contributed by atoms with Gasteiger partial charge in [-0.05, 0) is 50.8 Å². The standard InChI is InChI=1S/C21H28FN3O2/c1-20(2,27-3)12-13-25-15-18(14-23-25)24-19(26)21(10-4-5-11-21)16-6-8-17(22)9-7-16/h6-9,14-15H,4-5,10-13H2,1-3H3,(H,24,26). The highest BCUT2D eigenvalue weighted by atomic mass is 19.1. The van der Waals surface area contributed by atoms with Gasteiger partial charge in [0.25, 0.3) is 0 Å². The van der Waals surface area contributed by atoms with Crippen LogP contribution in [0.2, 0.25) is 0 Å². The molecule has 1 saturated carbocycles. The molecule has 1 heterocycles. The first-order chi connectivity index (χ1) is 12.8. The summed E-state index contributed by atoms with van der Waals surface area (Å²) in [6.07, 6.45) is 7.88. The summed E-state index contributed by atoms with van der Waals surface area (Å²) in [5, 5.41) is 7.36. The molecule has 1 amide bonds. The molecule has 27 heavy (non-hydrogen) atoms. The number of carbonyl (C=O) groups is 1. The maximum atomic E-state index is 13.3. The Hall–Kier alpha value is -2.21. The average Bonchev–Trinajstić information content (AvgIpc) is 3.31. The number of anilines is 1. The normalized spacial score (nSPS) is 16.4. The highest BCUT2D eigenvalue weighted by molar-refractivity contribution is 5.99. The van der Waals surface area contributed by atoms with Crippen molar-refractivity contribution in [1.82, 2.24) is 9.78 Å². The first kappa shape index (κ1) is 19.5. The molecular formula is C21H28FN3O2. The Bertz CT molecular complexity index is 777. The van der Waals surface area contributed by atoms with Crippen molar-refractivity contribution in [3.8, 4) is 0 Å². The zero-order valence-corrected chi connectivity index (χ0v) is 16.3. The Morgan fingerprint density at radius 3 is 2.59 bits per heavy atom. The van der Waals surface area contributed by atoms with Gasteiger partial charge in [0.05, 0.1) is 22.9 Å². The topological polar surface area (TPSA) is 56.1 Å². The molecule has 1 aliphatic carbocycles. The minimum Gasteiger partial charge on any atom is -0.379 e. The fraction of sp³-hybridized carbons (Fsp3) is 0.524. The molecule has 2 aromatic rings. The van der Waals surface area contributed by atoms with Crippen LogP contribution in [0.15, 0.2) is 36.7 Å². The summed E-state index contributed by atoms with van der Waals surface area (Å²) < 4.78 is 20.6. The first-order valence-electron chi connectivity index (χ1n) is 9.50. The molecule has 0 atom stereocenters. The summed E-state index contributed by atoms with van der Waals surface area (Å²) in [6.45, 7) is 4.78. The van der Waals surface area contributed by atoms with Crippen LogP contribution in [0.1, 0.15) is 51.5 Å². The van der Waals surface area contributed by atoms with E-state index in [4.69, 9.17) is 4.74 Å². The van der Waals surface area contributed by atoms with Gasteiger partial charge in [0.15, 0.2) is 0 Å². The third-order valence-electron chi connectivity index (χ3n) is 5.68. The van der Waals surface area contributed by atoms with Gasteiger partial charge in [-0.1, -0.05) is 25.0 Å². The molecule has 1 aliphatic rings. The van der Waals surface area contributed by atoms with E-state index in [1.54, 1.807) is 25.4 Å². The Morgan fingerprint density at radius 2 is 1.96 bits per heavy atom. The lowest BCUT2D eigenvalue weighted by Gasteiger charge is -2.28. The van der Waals surface area contributed by atoms with Gasteiger partial charge < -0.3 is 10.1 Å². The predicted molar refractivity (Wildman–Crippen MR) is 103 cm³/mol. The highest BCUT2D eigenvalue weighted by Gasteiger charge is 2.42. The van der Waals surface area contributed by atoms with Crippen molar-refractivity contribution in [2.24, 2.45) is 0 Å². The summed E-state index contributed by atoms with van der Waals surface area (Å²) in [5.74, 6) is -0.323. The van der Waals surface area contributed by atoms with Crippen LogP contribution in [0.25, 0.3) is 0 Å². The third kappa shape index (κ3) is 4.38. The van der Waals surface area contributed by atoms with E-state index in [-0.39, 0.29) is 17.3 Å². The quantitative estimate of drug-likeness (QED) is 0.788. The van der Waals surface area contributed by atoms with Crippen molar-refractivity contribution in [3.05, 3.63) is 48.0 Å². The molecule has 6 heteroatoms. The van der Waals surface area contributed by atoms with Gasteiger partial charge in [0, 0.05) is 19.9 Å². The molecule has 1 aromatic heterocycles. The van der Waals surface area contributed by atoms with Crippen LogP contribution in [0, 0.1) is 5.82 Å². The van der Waals surface area contributed by atoms with Crippen molar-refractivity contribution in [3.63, 3.8) is 0 Å². The number of benzene rings is 1. The fourth-order valence-corrected chi connectivity index (χ4v) is 3.68. The number of nitrogens with one attached hydrogen (secondary N) is 1. The second-order valence-electron chi connectivity index (χ2n) is 7.96. The number of aryl methyl sites for hydroxylation is 1. The van der Waals surface area contributed by atoms with E-state index in [9.17, 15) is 9.18 Å². The molecule has 1 N–H and O–H groups in total. The summed E-state index contributed by atoms with van der Waals surface area (Å²) in [6, 6.07) is 6.32. The molecule has 0 unspecified atom stereocenters. The van der Waals surface area contributed by atoms with Gasteiger partial charge in [0.1, 0.15) is 5.82 Å². The van der Waals surface area contributed by atoms with E-state index in [0.717, 1.165) is 37.7 Å². The van der Waals surface area contributed by atoms with E-state index in [0.29, 0.717) is 12.2 Å². The highest BCUT2D eigenvalue weighted by Crippen LogP contribution is 2.42. The smallest absolute Gasteiger partial charge is 0.235 e. The molecule has 1 fully saturated rings. The third-order valence-corrected chi connectivity index (χ3v) is 5.68. The largest absolute Gasteiger partial charge is 0.379 e. The number of aromatic nitrogens is 2. The van der Waals surface area contributed by atoms with Gasteiger partial charge in [-0.3, -0.25) is 9.48 Å². The Labute approximate surface area is 159 Å². The number of halogens is 1. The van der Waals surface area contributed by atoms with Gasteiger partial charge in [0.2, 0.25) is 5.91 Å². The van der Waals surface area contributed by atoms with E-state index in [1.807, 2.05) is 24.7 Å². The number of nitrogens with zero attached hydrogens (tertiary/aromatic N) is 2. The van der Waals surface area contributed by atoms with Crippen LogP contribution in [0.3, 0.4) is 0 Å². The molecule has 3 rings (SSSR count). The van der Waals surface area contributed by atoms with Gasteiger partial charge in [-0.25, -0.2) is 4.39 Å². The van der Waals surface area contributed by atoms with Crippen LogP contribution in [-0.2, 0) is 21.5 Å². The lowest BCUT2D eigenvalue weighted by atomic mass is 9.78. The van der Waals surface area contributed by atoms with Crippen molar-refractivity contribution in [1.29, 1.82) is 0 Å². The molecule has 1 aromatic carbocycles. The van der Waals surface area contributed by atoms with Crippen molar-refractivity contribution < 1.29 is 13.9 Å². The van der Waals surface area contributed by atoms with E-state index in [1.165, 1.54) is 12.1 Å². The van der Waals surface area contributed by atoms with Crippen molar-refractivity contribution in [2.75, 3.05) is 12.4 Å². The Balaban J connectivity index is 1.71. The van der Waals surface area contributed by atoms with Crippen LogP contribution >= 0.6 is 0 Å². The summed E-state index contributed by atoms with van der Waals surface area (Å²) in [5.41, 5.74) is 0.761. The second kappa shape index (κ2) is 7.80. The lowest BCUT2D eigenvalue weighted by molar-refractivity contribution is -0.121. The van der Waals surface area contributed by atoms with Crippen LogP contribution in [-0.4, -0.2) is 28.4 Å². The fourth-order valence-electron chi connectivity index (χ4n) is 3.68. The Kier molecular flexibility index (Phi) is 5.65. The molecule has 0 saturated heterocycles. The number of methoxy groups -OCH3 is 1. The second-order valence-corrected chi connectivity index (χ2v) is 7.96. The zero-order valence-electron chi connectivity index (χ0n) is 16.3. The molecule has 0 aliphatic heterocycles. The number of hydrogen-bond donors (Lipinski definition) is 1. The van der Waals surface area contributed by atoms with Crippen LogP contribution in [0.5, 0.6) is 0 Å². The van der Waals surface area contributed by atoms with E-state index < -0.39 is 5.41 Å². The molecule has 0 spiro atoms. The zero-order chi connectivity index (χ0) is 19.5. The summed E-state index contributed by atoms with van der Waals surface area (Å²) in [7, 11) is 1.70. The number of hydrogen-bond acceptors (Lipinski definition) is 3. The molecule has 146 valence electrons. The molecule has 5 nitrogen and oxygen atoms in total. The lowest BCUT2D eigenvalue weighted by Crippen LogP contribution is -2.37. The Morgan fingerprint density at radius 1 is 1.30 bits per heavy atom. The number of ether oxygens (including phenoxy) is 1. The minimum atomic E-state index is -0.589. The maximum absolute atomic E-state index is 13.3. The molecular weight excluding hydrogens is 345 g/mol. The van der Waals surface area contributed by atoms with Gasteiger partial charge in [-0.2, -0.15) is 5.10 Å². The molecule has 0 bridgehead atoms. The predicted octanol–water partition coefficient (Wildman–Crippen LogP) is 4.29. The summed E-state index contributed by atoms with van der Waals surface area (Å²) >= 11 is 0. The molecule has 0 radical (unpaired) electrons. The van der Waals surface area contributed by atoms with Crippen molar-refractivity contribution >= 4 is 11.6 Å². The maximum Gasteiger partial charge on any atom is 0.235 e. The van der Waals surface area contributed by atoms with Gasteiger partial charge >= 0.3 is 0 Å². The van der Waals surface area contributed by atoms with E-state index >= 15 is 0 Å². The first-order valence-corrected chi connectivity index (χ1v) is 9.50. The minimum absolute atomic E-state index is 0.0385. The number of amides is 1. The van der Waals surface area contributed by atoms with Crippen LogP contribution in [0.4, 0.5) is 10.1 Å². The van der Waals surface area contributed by atoms with Crippen LogP contribution < -0.4 is 5.32 Å². The number of rotatable bonds is 7. The van der Waals surface area contributed by atoms with E-state index in [2.05, 4.69) is 10.4 Å². The number of carbonyl (C=O) groups excluding carboxylic acids is 1. The average molecular weight is 373 g/mol. The monoisotopic (exact) mass is 373 g/mol. The van der Waals surface area contributed by atoms with Gasteiger partial charge in [-0.15, -0.1) is 0 Å².